The normalized spacial score (nSPS) is 10.8. The maximum Gasteiger partial charge on any atom is 0.196 e. The molecule has 0 saturated heterocycles. The van der Waals surface area contributed by atoms with Crippen LogP contribution in [0.15, 0.2) is 91.1 Å². The van der Waals surface area contributed by atoms with Crippen LogP contribution in [-0.4, -0.2) is 4.68 Å². The minimum absolute atomic E-state index is 1.19. The number of hydrogen-bond acceptors (Lipinski definition) is 0. The minimum atomic E-state index is 1.19. The predicted octanol–water partition coefficient (Wildman–Crippen LogP) is 4.94. The van der Waals surface area contributed by atoms with Gasteiger partial charge in [0.2, 0.25) is 0 Å². The highest BCUT2D eigenvalue weighted by Crippen LogP contribution is 2.27. The van der Waals surface area contributed by atoms with Crippen LogP contribution in [-0.2, 0) is 7.05 Å². The molecule has 4 aromatic rings. The lowest BCUT2D eigenvalue weighted by Crippen LogP contribution is -2.37. The molecule has 1 heterocycles. The summed E-state index contributed by atoms with van der Waals surface area (Å²) in [6.45, 7) is 2.15. The number of nitrogens with zero attached hydrogens (tertiary/aromatic N) is 2. The third kappa shape index (κ3) is 2.87. The highest BCUT2D eigenvalue weighted by molar-refractivity contribution is 5.72. The Kier molecular flexibility index (Phi) is 3.95. The van der Waals surface area contributed by atoms with Crippen LogP contribution in [0.5, 0.6) is 0 Å². The van der Waals surface area contributed by atoms with E-state index in [0.29, 0.717) is 0 Å². The first-order valence-corrected chi connectivity index (χ1v) is 8.53. The van der Waals surface area contributed by atoms with E-state index in [1.165, 1.54) is 33.6 Å². The maximum atomic E-state index is 2.26. The van der Waals surface area contributed by atoms with Gasteiger partial charge in [-0.15, -0.1) is 9.36 Å². The summed E-state index contributed by atoms with van der Waals surface area (Å²) in [5, 5.41) is 0. The molecule has 0 unspecified atom stereocenters. The van der Waals surface area contributed by atoms with Gasteiger partial charge in [0.05, 0.1) is 0 Å². The second-order valence-corrected chi connectivity index (χ2v) is 6.32. The molecule has 0 N–H and O–H groups in total. The van der Waals surface area contributed by atoms with Gasteiger partial charge in [0, 0.05) is 11.6 Å². The first kappa shape index (κ1) is 15.4. The SMILES string of the molecule is Cc1ccccc1-n1c(-c2cccc(-c3ccccc3)c2)cc[n+]1C. The molecule has 0 aliphatic rings. The Morgan fingerprint density at radius 1 is 0.680 bits per heavy atom. The first-order chi connectivity index (χ1) is 12.2. The monoisotopic (exact) mass is 325 g/mol. The number of para-hydroxylation sites is 1. The van der Waals surface area contributed by atoms with E-state index in [4.69, 9.17) is 0 Å². The fourth-order valence-corrected chi connectivity index (χ4v) is 3.29. The van der Waals surface area contributed by atoms with E-state index in [2.05, 4.69) is 114 Å². The minimum Gasteiger partial charge on any atom is -0.121 e. The Balaban J connectivity index is 1.86. The van der Waals surface area contributed by atoms with Crippen LogP contribution >= 0.6 is 0 Å². The summed E-state index contributed by atoms with van der Waals surface area (Å²) >= 11 is 0. The smallest absolute Gasteiger partial charge is 0.121 e. The predicted molar refractivity (Wildman–Crippen MR) is 103 cm³/mol. The first-order valence-electron chi connectivity index (χ1n) is 8.53. The molecule has 0 radical (unpaired) electrons. The summed E-state index contributed by atoms with van der Waals surface area (Å²) in [6, 6.07) is 29.9. The third-order valence-electron chi connectivity index (χ3n) is 4.60. The van der Waals surface area contributed by atoms with E-state index in [0.717, 1.165) is 0 Å². The Labute approximate surface area is 148 Å². The van der Waals surface area contributed by atoms with Crippen molar-refractivity contribution in [3.63, 3.8) is 0 Å². The van der Waals surface area contributed by atoms with Crippen LogP contribution in [0.1, 0.15) is 5.56 Å². The van der Waals surface area contributed by atoms with Gasteiger partial charge in [0.25, 0.3) is 0 Å². The third-order valence-corrected chi connectivity index (χ3v) is 4.60. The molecule has 2 heteroatoms. The van der Waals surface area contributed by atoms with Gasteiger partial charge in [-0.25, -0.2) is 0 Å². The van der Waals surface area contributed by atoms with E-state index in [-0.39, 0.29) is 0 Å². The highest BCUT2D eigenvalue weighted by Gasteiger charge is 2.17. The number of hydrogen-bond donors (Lipinski definition) is 0. The zero-order chi connectivity index (χ0) is 17.2. The van der Waals surface area contributed by atoms with Crippen LogP contribution in [0.4, 0.5) is 0 Å². The van der Waals surface area contributed by atoms with Crippen LogP contribution in [0.3, 0.4) is 0 Å². The zero-order valence-corrected chi connectivity index (χ0v) is 14.6. The Morgan fingerprint density at radius 2 is 1.36 bits per heavy atom. The second kappa shape index (κ2) is 6.40. The van der Waals surface area contributed by atoms with Crippen LogP contribution < -0.4 is 4.68 Å². The summed E-state index contributed by atoms with van der Waals surface area (Å²) in [5.41, 5.74) is 7.34. The lowest BCUT2D eigenvalue weighted by molar-refractivity contribution is -0.743. The van der Waals surface area contributed by atoms with Crippen molar-refractivity contribution in [1.29, 1.82) is 0 Å². The van der Waals surface area contributed by atoms with E-state index in [1.807, 2.05) is 0 Å². The van der Waals surface area contributed by atoms with Gasteiger partial charge in [-0.3, -0.25) is 0 Å². The molecule has 122 valence electrons. The lowest BCUT2D eigenvalue weighted by atomic mass is 10.0. The standard InChI is InChI=1S/C23H21N2/c1-18-9-6-7-14-22(18)25-23(15-16-24(25)2)21-13-8-12-20(17-21)19-10-4-3-5-11-19/h3-17H,1-2H3/q+1. The number of aromatic nitrogens is 2. The van der Waals surface area contributed by atoms with Crippen LogP contribution in [0.2, 0.25) is 0 Å². The van der Waals surface area contributed by atoms with Gasteiger partial charge < -0.3 is 0 Å². The molecule has 0 saturated carbocycles. The van der Waals surface area contributed by atoms with Crippen molar-refractivity contribution in [2.24, 2.45) is 7.05 Å². The van der Waals surface area contributed by atoms with Crippen LogP contribution in [0.25, 0.3) is 28.1 Å². The number of aryl methyl sites for hydroxylation is 2. The molecule has 0 fully saturated rings. The zero-order valence-electron chi connectivity index (χ0n) is 14.6. The summed E-state index contributed by atoms with van der Waals surface area (Å²) in [5.74, 6) is 0. The molecule has 1 aromatic heterocycles. The fraction of sp³-hybridized carbons (Fsp3) is 0.0870. The van der Waals surface area contributed by atoms with Crippen molar-refractivity contribution in [2.45, 2.75) is 6.92 Å². The van der Waals surface area contributed by atoms with Crippen molar-refractivity contribution in [3.05, 3.63) is 96.7 Å². The molecular weight excluding hydrogens is 304 g/mol. The summed E-state index contributed by atoms with van der Waals surface area (Å²) in [4.78, 5) is 0. The molecule has 0 atom stereocenters. The molecule has 2 nitrogen and oxygen atoms in total. The molecule has 4 rings (SSSR count). The van der Waals surface area contributed by atoms with Gasteiger partial charge in [-0.05, 0) is 35.7 Å². The molecule has 0 amide bonds. The molecule has 0 spiro atoms. The largest absolute Gasteiger partial charge is 0.196 e. The Bertz CT molecular complexity index is 1010. The molecule has 25 heavy (non-hydrogen) atoms. The van der Waals surface area contributed by atoms with E-state index >= 15 is 0 Å². The second-order valence-electron chi connectivity index (χ2n) is 6.32. The summed E-state index contributed by atoms with van der Waals surface area (Å²) in [7, 11) is 2.08. The van der Waals surface area contributed by atoms with E-state index < -0.39 is 0 Å². The molecule has 0 aliphatic carbocycles. The molecule has 3 aromatic carbocycles. The molecule has 0 aliphatic heterocycles. The van der Waals surface area contributed by atoms with E-state index in [1.54, 1.807) is 0 Å². The Morgan fingerprint density at radius 3 is 2.16 bits per heavy atom. The average molecular weight is 325 g/mol. The van der Waals surface area contributed by atoms with Gasteiger partial charge in [0.15, 0.2) is 13.2 Å². The van der Waals surface area contributed by atoms with Crippen molar-refractivity contribution < 1.29 is 4.68 Å². The summed E-state index contributed by atoms with van der Waals surface area (Å²) < 4.78 is 4.40. The Hall–Kier alpha value is -3.13. The fourth-order valence-electron chi connectivity index (χ4n) is 3.29. The number of benzene rings is 3. The van der Waals surface area contributed by atoms with Gasteiger partial charge in [-0.1, -0.05) is 66.7 Å². The maximum absolute atomic E-state index is 2.26. The van der Waals surface area contributed by atoms with Crippen molar-refractivity contribution in [2.75, 3.05) is 0 Å². The van der Waals surface area contributed by atoms with Gasteiger partial charge in [-0.2, -0.15) is 0 Å². The lowest BCUT2D eigenvalue weighted by Gasteiger charge is -2.10. The van der Waals surface area contributed by atoms with Crippen molar-refractivity contribution in [3.8, 4) is 28.1 Å². The number of rotatable bonds is 3. The topological polar surface area (TPSA) is 8.81 Å². The van der Waals surface area contributed by atoms with Gasteiger partial charge in [0.1, 0.15) is 11.4 Å². The quantitative estimate of drug-likeness (QED) is 0.472. The van der Waals surface area contributed by atoms with Gasteiger partial charge >= 0.3 is 0 Å². The molecule has 0 bridgehead atoms. The van der Waals surface area contributed by atoms with Crippen molar-refractivity contribution in [1.82, 2.24) is 4.68 Å². The van der Waals surface area contributed by atoms with Crippen LogP contribution in [0, 0.1) is 6.92 Å². The van der Waals surface area contributed by atoms with E-state index in [9.17, 15) is 0 Å². The van der Waals surface area contributed by atoms with Crippen molar-refractivity contribution >= 4 is 0 Å². The molecular formula is C23H21N2+. The average Bonchev–Trinajstić information content (AvgIpc) is 3.04. The highest BCUT2D eigenvalue weighted by atomic mass is 15.4. The summed E-state index contributed by atoms with van der Waals surface area (Å²) in [6.07, 6.45) is 2.11.